The van der Waals surface area contributed by atoms with E-state index in [0.29, 0.717) is 46.4 Å². The van der Waals surface area contributed by atoms with Crippen molar-refractivity contribution in [1.29, 1.82) is 5.26 Å². The van der Waals surface area contributed by atoms with Gasteiger partial charge in [0.05, 0.1) is 15.6 Å². The van der Waals surface area contributed by atoms with Gasteiger partial charge in [-0.1, -0.05) is 68.6 Å². The Kier molecular flexibility index (Phi) is 12.5. The lowest BCUT2D eigenvalue weighted by Gasteiger charge is -2.22. The van der Waals surface area contributed by atoms with Crippen molar-refractivity contribution in [3.63, 3.8) is 0 Å². The Morgan fingerprint density at radius 1 is 1.15 bits per heavy atom. The van der Waals surface area contributed by atoms with Gasteiger partial charge in [-0.15, -0.1) is 0 Å². The number of hydrogen-bond donors (Lipinski definition) is 0. The minimum Gasteiger partial charge on any atom is -0.340 e. The third-order valence-corrected chi connectivity index (χ3v) is 6.52. The molecular formula is C27H35Cl2FN2O. The van der Waals surface area contributed by atoms with Crippen LogP contribution in [0.1, 0.15) is 64.2 Å². The maximum absolute atomic E-state index is 12.9. The van der Waals surface area contributed by atoms with Crippen molar-refractivity contribution >= 4 is 29.1 Å². The molecule has 1 aliphatic heterocycles. The van der Waals surface area contributed by atoms with Gasteiger partial charge in [0, 0.05) is 19.0 Å². The molecule has 2 unspecified atom stereocenters. The van der Waals surface area contributed by atoms with Gasteiger partial charge in [-0.25, -0.2) is 4.39 Å². The molecule has 0 radical (unpaired) electrons. The van der Waals surface area contributed by atoms with Gasteiger partial charge in [-0.2, -0.15) is 5.26 Å². The smallest absolute Gasteiger partial charge is 0.223 e. The number of amides is 1. The van der Waals surface area contributed by atoms with Gasteiger partial charge in [-0.05, 0) is 68.4 Å². The summed E-state index contributed by atoms with van der Waals surface area (Å²) in [5.41, 5.74) is 2.28. The Morgan fingerprint density at radius 2 is 1.82 bits per heavy atom. The summed E-state index contributed by atoms with van der Waals surface area (Å²) in [5, 5.41) is 9.21. The highest BCUT2D eigenvalue weighted by atomic mass is 35.5. The first-order chi connectivity index (χ1) is 15.5. The number of halogens is 3. The van der Waals surface area contributed by atoms with Crippen molar-refractivity contribution in [2.75, 3.05) is 6.54 Å². The number of carbonyl (C=O) groups is 1. The Bertz CT molecular complexity index is 956. The second-order valence-corrected chi connectivity index (χ2v) is 9.47. The van der Waals surface area contributed by atoms with E-state index in [1.807, 2.05) is 30.9 Å². The molecule has 0 saturated carbocycles. The molecule has 180 valence electrons. The van der Waals surface area contributed by atoms with Crippen LogP contribution in [0.25, 0.3) is 0 Å². The average molecular weight is 493 g/mol. The first-order valence-corrected chi connectivity index (χ1v) is 12.2. The summed E-state index contributed by atoms with van der Waals surface area (Å²) in [6, 6.07) is 12.8. The van der Waals surface area contributed by atoms with Gasteiger partial charge in [0.25, 0.3) is 0 Å². The van der Waals surface area contributed by atoms with E-state index in [4.69, 9.17) is 28.5 Å². The molecule has 3 rings (SSSR count). The molecule has 1 saturated heterocycles. The van der Waals surface area contributed by atoms with Crippen LogP contribution in [0.3, 0.4) is 0 Å². The van der Waals surface area contributed by atoms with E-state index in [1.165, 1.54) is 6.42 Å². The van der Waals surface area contributed by atoms with E-state index in [-0.39, 0.29) is 10.8 Å². The summed E-state index contributed by atoms with van der Waals surface area (Å²) in [5.74, 6) is 1.35. The van der Waals surface area contributed by atoms with Crippen LogP contribution >= 0.6 is 23.2 Å². The molecule has 2 atom stereocenters. The van der Waals surface area contributed by atoms with E-state index in [0.717, 1.165) is 18.5 Å². The van der Waals surface area contributed by atoms with E-state index in [2.05, 4.69) is 27.7 Å². The molecule has 6 heteroatoms. The molecule has 0 bridgehead atoms. The van der Waals surface area contributed by atoms with Crippen LogP contribution in [0, 0.1) is 35.9 Å². The second-order valence-electron chi connectivity index (χ2n) is 8.65. The molecule has 0 N–H and O–H groups in total. The molecule has 1 heterocycles. The van der Waals surface area contributed by atoms with Crippen molar-refractivity contribution < 1.29 is 9.18 Å². The first kappa shape index (κ1) is 28.9. The van der Waals surface area contributed by atoms with Crippen LogP contribution in [0.15, 0.2) is 36.4 Å². The highest BCUT2D eigenvalue weighted by Crippen LogP contribution is 2.28. The molecule has 3 nitrogen and oxygen atoms in total. The molecule has 0 aromatic heterocycles. The number of nitrogens with zero attached hydrogens (tertiary/aromatic N) is 2. The number of rotatable bonds is 4. The summed E-state index contributed by atoms with van der Waals surface area (Å²) in [7, 11) is 0. The van der Waals surface area contributed by atoms with Crippen LogP contribution in [0.2, 0.25) is 10.0 Å². The van der Waals surface area contributed by atoms with Gasteiger partial charge in [0.2, 0.25) is 5.91 Å². The van der Waals surface area contributed by atoms with Gasteiger partial charge >= 0.3 is 0 Å². The van der Waals surface area contributed by atoms with E-state index in [9.17, 15) is 9.18 Å². The first-order valence-electron chi connectivity index (χ1n) is 11.4. The Balaban J connectivity index is 0.000000251. The topological polar surface area (TPSA) is 44.1 Å². The number of carbonyl (C=O) groups excluding carboxylic acids is 1. The van der Waals surface area contributed by atoms with Crippen molar-refractivity contribution in [2.24, 2.45) is 11.8 Å². The second kappa shape index (κ2) is 14.2. The molecule has 1 aliphatic rings. The predicted octanol–water partition coefficient (Wildman–Crippen LogP) is 7.85. The minimum atomic E-state index is -0.285. The van der Waals surface area contributed by atoms with Crippen LogP contribution in [-0.4, -0.2) is 23.4 Å². The SMILES string of the molecule is CCC(C)C1CC(=O)N(C(C)C)C1.CCc1cccc(Cl)c1F.Cc1ccc(C#N)c(Cl)c1. The van der Waals surface area contributed by atoms with E-state index < -0.39 is 0 Å². The van der Waals surface area contributed by atoms with Gasteiger partial charge in [0.1, 0.15) is 11.9 Å². The standard InChI is InChI=1S/C11H21NO.C8H8ClF.C8H6ClN/c1-5-9(4)10-6-11(13)12(7-10)8(2)3;1-2-6-4-3-5-7(9)8(6)10;1-6-2-3-7(5-10)8(9)4-6/h8-10H,5-7H2,1-4H3;3-5H,2H2,1H3;2-4H,1H3. The minimum absolute atomic E-state index is 0.208. The fourth-order valence-corrected chi connectivity index (χ4v) is 3.98. The lowest BCUT2D eigenvalue weighted by molar-refractivity contribution is -0.129. The molecule has 33 heavy (non-hydrogen) atoms. The van der Waals surface area contributed by atoms with Crippen molar-refractivity contribution in [1.82, 2.24) is 4.90 Å². The largest absolute Gasteiger partial charge is 0.340 e. The van der Waals surface area contributed by atoms with Gasteiger partial charge in [-0.3, -0.25) is 4.79 Å². The highest BCUT2D eigenvalue weighted by molar-refractivity contribution is 6.31. The molecular weight excluding hydrogens is 458 g/mol. The number of likely N-dealkylation sites (tertiary alicyclic amines) is 1. The summed E-state index contributed by atoms with van der Waals surface area (Å²) >= 11 is 11.2. The number of benzene rings is 2. The van der Waals surface area contributed by atoms with Crippen molar-refractivity contribution in [3.8, 4) is 6.07 Å². The molecule has 2 aromatic carbocycles. The lowest BCUT2D eigenvalue weighted by atomic mass is 9.91. The molecule has 0 aliphatic carbocycles. The molecule has 1 fully saturated rings. The summed E-state index contributed by atoms with van der Waals surface area (Å²) < 4.78 is 12.9. The van der Waals surface area contributed by atoms with E-state index in [1.54, 1.807) is 30.3 Å². The zero-order chi connectivity index (χ0) is 25.1. The fourth-order valence-electron chi connectivity index (χ4n) is 3.51. The monoisotopic (exact) mass is 492 g/mol. The number of aryl methyl sites for hydroxylation is 2. The van der Waals surface area contributed by atoms with Crippen LogP contribution in [0.4, 0.5) is 4.39 Å². The summed E-state index contributed by atoms with van der Waals surface area (Å²) in [4.78, 5) is 13.6. The van der Waals surface area contributed by atoms with Crippen molar-refractivity contribution in [3.05, 3.63) is 69.0 Å². The van der Waals surface area contributed by atoms with Gasteiger partial charge in [0.15, 0.2) is 0 Å². The fraction of sp³-hybridized carbons (Fsp3) is 0.481. The zero-order valence-electron chi connectivity index (χ0n) is 20.5. The molecule has 2 aromatic rings. The highest BCUT2D eigenvalue weighted by Gasteiger charge is 2.33. The molecule has 1 amide bonds. The third kappa shape index (κ3) is 8.99. The van der Waals surface area contributed by atoms with Gasteiger partial charge < -0.3 is 4.90 Å². The third-order valence-electron chi connectivity index (χ3n) is 5.92. The predicted molar refractivity (Wildman–Crippen MR) is 136 cm³/mol. The summed E-state index contributed by atoms with van der Waals surface area (Å²) in [6.07, 6.45) is 2.64. The normalized spacial score (nSPS) is 15.8. The van der Waals surface area contributed by atoms with Crippen LogP contribution < -0.4 is 0 Å². The summed E-state index contributed by atoms with van der Waals surface area (Å²) in [6.45, 7) is 13.5. The average Bonchev–Trinajstić information content (AvgIpc) is 3.18. The Hall–Kier alpha value is -2.09. The maximum Gasteiger partial charge on any atom is 0.223 e. The molecule has 0 spiro atoms. The van der Waals surface area contributed by atoms with Crippen LogP contribution in [0.5, 0.6) is 0 Å². The quantitative estimate of drug-likeness (QED) is 0.435. The van der Waals surface area contributed by atoms with Crippen molar-refractivity contribution in [2.45, 2.75) is 66.8 Å². The van der Waals surface area contributed by atoms with Crippen LogP contribution in [-0.2, 0) is 11.2 Å². The lowest BCUT2D eigenvalue weighted by Crippen LogP contribution is -2.32. The Morgan fingerprint density at radius 3 is 2.27 bits per heavy atom. The zero-order valence-corrected chi connectivity index (χ0v) is 22.0. The Labute approximate surface area is 208 Å². The number of nitriles is 1. The maximum atomic E-state index is 12.9. The number of hydrogen-bond acceptors (Lipinski definition) is 2. The van der Waals surface area contributed by atoms with E-state index >= 15 is 0 Å².